The summed E-state index contributed by atoms with van der Waals surface area (Å²) in [5.41, 5.74) is 0.553. The average Bonchev–Trinajstić information content (AvgIpc) is 2.44. The third-order valence-electron chi connectivity index (χ3n) is 3.77. The first-order valence-corrected chi connectivity index (χ1v) is 7.43. The number of benzene rings is 1. The number of hydrogen-bond donors (Lipinski definition) is 0. The summed E-state index contributed by atoms with van der Waals surface area (Å²) >= 11 is 6.05. The molecule has 0 radical (unpaired) electrons. The van der Waals surface area contributed by atoms with Gasteiger partial charge in [-0.15, -0.1) is 0 Å². The van der Waals surface area contributed by atoms with Crippen molar-refractivity contribution in [2.75, 3.05) is 46.8 Å². The molecule has 116 valence electrons. The predicted octanol–water partition coefficient (Wildman–Crippen LogP) is 1.68. The van der Waals surface area contributed by atoms with Gasteiger partial charge < -0.3 is 4.90 Å². The van der Waals surface area contributed by atoms with Crippen molar-refractivity contribution in [1.82, 2.24) is 14.7 Å². The van der Waals surface area contributed by atoms with E-state index in [1.165, 1.54) is 6.07 Å². The molecular formula is C15H21ClFN3O. The summed E-state index contributed by atoms with van der Waals surface area (Å²) in [5.74, 6) is -0.145. The van der Waals surface area contributed by atoms with Crippen LogP contribution >= 0.6 is 11.6 Å². The fourth-order valence-electron chi connectivity index (χ4n) is 2.35. The van der Waals surface area contributed by atoms with Crippen molar-refractivity contribution in [2.24, 2.45) is 0 Å². The van der Waals surface area contributed by atoms with Crippen LogP contribution in [0.15, 0.2) is 18.2 Å². The number of nitrogens with zero attached hydrogens (tertiary/aromatic N) is 3. The Kier molecular flexibility index (Phi) is 5.56. The summed E-state index contributed by atoms with van der Waals surface area (Å²) in [6, 6.07) is 4.77. The van der Waals surface area contributed by atoms with Gasteiger partial charge >= 0.3 is 0 Å². The van der Waals surface area contributed by atoms with E-state index in [4.69, 9.17) is 11.6 Å². The Bertz CT molecular complexity index is 481. The van der Waals surface area contributed by atoms with Gasteiger partial charge in [0.15, 0.2) is 0 Å². The number of carbonyl (C=O) groups is 1. The Labute approximate surface area is 130 Å². The smallest absolute Gasteiger partial charge is 0.236 e. The van der Waals surface area contributed by atoms with E-state index >= 15 is 0 Å². The highest BCUT2D eigenvalue weighted by Gasteiger charge is 2.21. The van der Waals surface area contributed by atoms with Crippen LogP contribution in [0.5, 0.6) is 0 Å². The zero-order valence-corrected chi connectivity index (χ0v) is 13.2. The van der Waals surface area contributed by atoms with Crippen LogP contribution in [-0.2, 0) is 11.3 Å². The molecule has 2 rings (SSSR count). The molecule has 0 unspecified atom stereocenters. The molecule has 0 bridgehead atoms. The van der Waals surface area contributed by atoms with Crippen molar-refractivity contribution >= 4 is 17.5 Å². The van der Waals surface area contributed by atoms with Crippen LogP contribution in [0.3, 0.4) is 0 Å². The van der Waals surface area contributed by atoms with Crippen molar-refractivity contribution in [2.45, 2.75) is 6.54 Å². The summed E-state index contributed by atoms with van der Waals surface area (Å²) in [6.45, 7) is 4.20. The molecular weight excluding hydrogens is 293 g/mol. The SMILES string of the molecule is CN(C)C(=O)CN1CCN(Cc2c(F)cccc2Cl)CC1. The second kappa shape index (κ2) is 7.20. The highest BCUT2D eigenvalue weighted by molar-refractivity contribution is 6.31. The molecule has 6 heteroatoms. The minimum absolute atomic E-state index is 0.112. The predicted molar refractivity (Wildman–Crippen MR) is 81.8 cm³/mol. The molecule has 1 aliphatic heterocycles. The molecule has 1 saturated heterocycles. The normalized spacial score (nSPS) is 17.0. The molecule has 0 saturated carbocycles. The van der Waals surface area contributed by atoms with Crippen LogP contribution in [0.4, 0.5) is 4.39 Å². The van der Waals surface area contributed by atoms with Gasteiger partial charge in [-0.25, -0.2) is 4.39 Å². The highest BCUT2D eigenvalue weighted by atomic mass is 35.5. The standard InChI is InChI=1S/C15H21ClFN3O/c1-18(2)15(21)11-20-8-6-19(7-9-20)10-12-13(16)4-3-5-14(12)17/h3-5H,6-11H2,1-2H3. The van der Waals surface area contributed by atoms with Crippen LogP contribution < -0.4 is 0 Å². The minimum Gasteiger partial charge on any atom is -0.348 e. The van der Waals surface area contributed by atoms with Gasteiger partial charge in [-0.1, -0.05) is 17.7 Å². The number of carbonyl (C=O) groups excluding carboxylic acids is 1. The van der Waals surface area contributed by atoms with Crippen LogP contribution in [0, 0.1) is 5.82 Å². The Morgan fingerprint density at radius 1 is 1.24 bits per heavy atom. The molecule has 0 aromatic heterocycles. The lowest BCUT2D eigenvalue weighted by Gasteiger charge is -2.34. The van der Waals surface area contributed by atoms with Gasteiger partial charge in [0.25, 0.3) is 0 Å². The lowest BCUT2D eigenvalue weighted by Crippen LogP contribution is -2.49. The van der Waals surface area contributed by atoms with Gasteiger partial charge in [0, 0.05) is 57.4 Å². The molecule has 21 heavy (non-hydrogen) atoms. The van der Waals surface area contributed by atoms with E-state index in [0.717, 1.165) is 26.2 Å². The van der Waals surface area contributed by atoms with Crippen molar-refractivity contribution in [3.05, 3.63) is 34.6 Å². The Morgan fingerprint density at radius 3 is 2.43 bits per heavy atom. The Balaban J connectivity index is 1.86. The second-order valence-electron chi connectivity index (χ2n) is 5.54. The molecule has 4 nitrogen and oxygen atoms in total. The van der Waals surface area contributed by atoms with E-state index in [9.17, 15) is 9.18 Å². The lowest BCUT2D eigenvalue weighted by atomic mass is 10.2. The molecule has 1 aromatic rings. The van der Waals surface area contributed by atoms with Crippen LogP contribution in [-0.4, -0.2) is 67.4 Å². The average molecular weight is 314 g/mol. The molecule has 1 aromatic carbocycles. The summed E-state index contributed by atoms with van der Waals surface area (Å²) in [4.78, 5) is 17.6. The number of rotatable bonds is 4. The molecule has 1 heterocycles. The summed E-state index contributed by atoms with van der Waals surface area (Å²) in [7, 11) is 3.53. The van der Waals surface area contributed by atoms with Gasteiger partial charge in [-0.3, -0.25) is 14.6 Å². The Morgan fingerprint density at radius 2 is 1.86 bits per heavy atom. The van der Waals surface area contributed by atoms with E-state index in [1.807, 2.05) is 0 Å². The van der Waals surface area contributed by atoms with Crippen molar-refractivity contribution in [3.8, 4) is 0 Å². The monoisotopic (exact) mass is 313 g/mol. The number of likely N-dealkylation sites (N-methyl/N-ethyl adjacent to an activating group) is 1. The molecule has 1 amide bonds. The van der Waals surface area contributed by atoms with Crippen molar-refractivity contribution in [1.29, 1.82) is 0 Å². The van der Waals surface area contributed by atoms with Gasteiger partial charge in [-0.05, 0) is 12.1 Å². The van der Waals surface area contributed by atoms with Crippen LogP contribution in [0.1, 0.15) is 5.56 Å². The highest BCUT2D eigenvalue weighted by Crippen LogP contribution is 2.21. The summed E-state index contributed by atoms with van der Waals surface area (Å²) < 4.78 is 13.8. The van der Waals surface area contributed by atoms with Gasteiger partial charge in [-0.2, -0.15) is 0 Å². The Hall–Kier alpha value is -1.17. The number of piperazine rings is 1. The first-order chi connectivity index (χ1) is 9.97. The molecule has 1 aliphatic rings. The maximum absolute atomic E-state index is 13.8. The molecule has 0 spiro atoms. The minimum atomic E-state index is -0.257. The van der Waals surface area contributed by atoms with E-state index in [1.54, 1.807) is 31.1 Å². The fraction of sp³-hybridized carbons (Fsp3) is 0.533. The third kappa shape index (κ3) is 4.40. The van der Waals surface area contributed by atoms with Crippen molar-refractivity contribution < 1.29 is 9.18 Å². The van der Waals surface area contributed by atoms with E-state index in [2.05, 4.69) is 9.80 Å². The van der Waals surface area contributed by atoms with Crippen LogP contribution in [0.2, 0.25) is 5.02 Å². The zero-order valence-electron chi connectivity index (χ0n) is 12.5. The topological polar surface area (TPSA) is 26.8 Å². The number of amides is 1. The largest absolute Gasteiger partial charge is 0.348 e. The third-order valence-corrected chi connectivity index (χ3v) is 4.12. The summed E-state index contributed by atoms with van der Waals surface area (Å²) in [6.07, 6.45) is 0. The lowest BCUT2D eigenvalue weighted by molar-refractivity contribution is -0.130. The molecule has 0 aliphatic carbocycles. The van der Waals surface area contributed by atoms with Gasteiger partial charge in [0.1, 0.15) is 5.82 Å². The fourth-order valence-corrected chi connectivity index (χ4v) is 2.57. The van der Waals surface area contributed by atoms with E-state index in [0.29, 0.717) is 23.7 Å². The second-order valence-corrected chi connectivity index (χ2v) is 5.95. The zero-order chi connectivity index (χ0) is 15.4. The first kappa shape index (κ1) is 16.2. The summed E-state index contributed by atoms with van der Waals surface area (Å²) in [5, 5.41) is 0.472. The van der Waals surface area contributed by atoms with E-state index < -0.39 is 0 Å². The number of halogens is 2. The quantitative estimate of drug-likeness (QED) is 0.846. The maximum atomic E-state index is 13.8. The number of hydrogen-bond acceptors (Lipinski definition) is 3. The van der Waals surface area contributed by atoms with Gasteiger partial charge in [0.2, 0.25) is 5.91 Å². The van der Waals surface area contributed by atoms with E-state index in [-0.39, 0.29) is 11.7 Å². The molecule has 1 fully saturated rings. The van der Waals surface area contributed by atoms with Gasteiger partial charge in [0.05, 0.1) is 6.54 Å². The molecule has 0 atom stereocenters. The maximum Gasteiger partial charge on any atom is 0.236 e. The van der Waals surface area contributed by atoms with Crippen molar-refractivity contribution in [3.63, 3.8) is 0 Å². The first-order valence-electron chi connectivity index (χ1n) is 7.05. The molecule has 0 N–H and O–H groups in total. The van der Waals surface area contributed by atoms with Crippen LogP contribution in [0.25, 0.3) is 0 Å².